The van der Waals surface area contributed by atoms with Gasteiger partial charge in [-0.05, 0) is 0 Å². The Kier molecular flexibility index (Phi) is 3.17. The van der Waals surface area contributed by atoms with E-state index in [0.717, 1.165) is 0 Å². The molecule has 0 aromatic heterocycles. The van der Waals surface area contributed by atoms with Crippen LogP contribution in [0.1, 0.15) is 11.9 Å². The van der Waals surface area contributed by atoms with Crippen molar-refractivity contribution in [1.82, 2.24) is 0 Å². The number of hydrogen-bond donors (Lipinski definition) is 1. The number of carbonyl (C=O) groups excluding carboxylic acids is 1. The Morgan fingerprint density at radius 3 is 2.43 bits per heavy atom. The Morgan fingerprint density at radius 2 is 2.43 bits per heavy atom. The van der Waals surface area contributed by atoms with Crippen molar-refractivity contribution >= 4 is 5.97 Å². The normalized spacial score (nSPS) is 19.6. The SMILES string of the molecule is [2H]C([2H])(O)C([2H])([2H])C(=O)[O-].[Na+]. The van der Waals surface area contributed by atoms with Gasteiger partial charge in [-0.15, -0.1) is 0 Å². The smallest absolute Gasteiger partial charge is 0.550 e. The van der Waals surface area contributed by atoms with E-state index in [1.54, 1.807) is 0 Å². The maximum atomic E-state index is 9.78. The van der Waals surface area contributed by atoms with E-state index in [-0.39, 0.29) is 29.6 Å². The van der Waals surface area contributed by atoms with Crippen LogP contribution in [0.25, 0.3) is 0 Å². The van der Waals surface area contributed by atoms with E-state index >= 15 is 0 Å². The number of carboxylic acid groups (broad SMARTS) is 1. The molecule has 0 aromatic rings. The Hall–Kier alpha value is 0.430. The monoisotopic (exact) mass is 116 g/mol. The van der Waals surface area contributed by atoms with Gasteiger partial charge < -0.3 is 15.0 Å². The van der Waals surface area contributed by atoms with Crippen LogP contribution in [-0.4, -0.2) is 17.6 Å². The molecule has 0 spiro atoms. The van der Waals surface area contributed by atoms with Crippen LogP contribution in [0.2, 0.25) is 0 Å². The molecule has 0 radical (unpaired) electrons. The van der Waals surface area contributed by atoms with Crippen LogP contribution >= 0.6 is 0 Å². The first kappa shape index (κ1) is 3.45. The molecule has 0 saturated heterocycles. The second-order valence-corrected chi connectivity index (χ2v) is 0.524. The van der Waals surface area contributed by atoms with Crippen LogP contribution in [0.4, 0.5) is 0 Å². The van der Waals surface area contributed by atoms with Gasteiger partial charge in [0.25, 0.3) is 0 Å². The van der Waals surface area contributed by atoms with E-state index in [4.69, 9.17) is 10.6 Å². The Balaban J connectivity index is 0. The number of carboxylic acids is 1. The molecule has 0 bridgehead atoms. The fourth-order valence-corrected chi connectivity index (χ4v) is 0.0456. The van der Waals surface area contributed by atoms with Crippen molar-refractivity contribution in [3.8, 4) is 0 Å². The van der Waals surface area contributed by atoms with E-state index in [9.17, 15) is 9.90 Å². The minimum atomic E-state index is -3.41. The zero-order chi connectivity index (χ0) is 8.58. The van der Waals surface area contributed by atoms with Gasteiger partial charge in [0, 0.05) is 21.6 Å². The second kappa shape index (κ2) is 6.43. The summed E-state index contributed by atoms with van der Waals surface area (Å²) in [7, 11) is 0. The third kappa shape index (κ3) is 10.7. The summed E-state index contributed by atoms with van der Waals surface area (Å²) in [5.74, 6) is -2.28. The zero-order valence-corrected chi connectivity index (χ0v) is 5.76. The molecule has 0 saturated carbocycles. The first-order chi connectivity index (χ1) is 4.19. The van der Waals surface area contributed by atoms with Gasteiger partial charge in [0.1, 0.15) is 0 Å². The summed E-state index contributed by atoms with van der Waals surface area (Å²) >= 11 is 0. The van der Waals surface area contributed by atoms with Crippen molar-refractivity contribution in [1.29, 1.82) is 0 Å². The average molecular weight is 116 g/mol. The maximum Gasteiger partial charge on any atom is 1.00 e. The number of carbonyl (C=O) groups is 1. The molecular formula is C3H5NaO3. The zero-order valence-electron chi connectivity index (χ0n) is 7.76. The third-order valence-electron chi connectivity index (χ3n) is 0.158. The predicted octanol–water partition coefficient (Wildman–Crippen LogP) is -4.88. The van der Waals surface area contributed by atoms with Crippen LogP contribution in [-0.2, 0) is 4.79 Å². The topological polar surface area (TPSA) is 60.4 Å². The molecule has 3 nitrogen and oxygen atoms in total. The Morgan fingerprint density at radius 1 is 2.00 bits per heavy atom. The summed E-state index contributed by atoms with van der Waals surface area (Å²) in [5.41, 5.74) is 0. The quantitative estimate of drug-likeness (QED) is 0.368. The van der Waals surface area contributed by atoms with Crippen molar-refractivity contribution in [2.75, 3.05) is 6.56 Å². The summed E-state index contributed by atoms with van der Waals surface area (Å²) in [6.45, 7) is -3.41. The summed E-state index contributed by atoms with van der Waals surface area (Å²) in [6, 6.07) is 0. The standard InChI is InChI=1S/C3H6O3.Na/c4-2-1-3(5)6;/h4H,1-2H2,(H,5,6);/q;+1/p-1/i1D2,2D2;. The third-order valence-corrected chi connectivity index (χ3v) is 0.158. The maximum absolute atomic E-state index is 9.78. The van der Waals surface area contributed by atoms with Gasteiger partial charge in [-0.1, -0.05) is 0 Å². The molecule has 0 amide bonds. The van der Waals surface area contributed by atoms with Gasteiger partial charge in [-0.25, -0.2) is 0 Å². The molecule has 0 rings (SSSR count). The van der Waals surface area contributed by atoms with Gasteiger partial charge in [-0.2, -0.15) is 0 Å². The van der Waals surface area contributed by atoms with Crippen LogP contribution in [0, 0.1) is 0 Å². The summed E-state index contributed by atoms with van der Waals surface area (Å²) in [5, 5.41) is 18.0. The number of hydrogen-bond acceptors (Lipinski definition) is 3. The van der Waals surface area contributed by atoms with E-state index in [0.29, 0.717) is 0 Å². The molecule has 36 valence electrons. The van der Waals surface area contributed by atoms with Gasteiger partial charge in [0.05, 0.1) is 2.74 Å². The van der Waals surface area contributed by atoms with Gasteiger partial charge in [0.15, 0.2) is 0 Å². The van der Waals surface area contributed by atoms with Crippen molar-refractivity contribution in [3.63, 3.8) is 0 Å². The summed E-state index contributed by atoms with van der Waals surface area (Å²) in [4.78, 5) is 9.78. The van der Waals surface area contributed by atoms with Crippen LogP contribution < -0.4 is 34.7 Å². The molecule has 0 aromatic carbocycles. The molecule has 0 heterocycles. The molecule has 0 atom stereocenters. The number of rotatable bonds is 2. The Labute approximate surface area is 69.3 Å². The number of aliphatic hydroxyl groups is 1. The van der Waals surface area contributed by atoms with Crippen molar-refractivity contribution in [2.45, 2.75) is 6.37 Å². The number of aliphatic carboxylic acids is 1. The van der Waals surface area contributed by atoms with Gasteiger partial charge >= 0.3 is 29.6 Å². The molecular weight excluding hydrogens is 107 g/mol. The fourth-order valence-electron chi connectivity index (χ4n) is 0.0456. The predicted molar refractivity (Wildman–Crippen MR) is 16.7 cm³/mol. The second-order valence-electron chi connectivity index (χ2n) is 0.524. The molecule has 0 aliphatic carbocycles. The summed E-state index contributed by atoms with van der Waals surface area (Å²) < 4.78 is 25.4. The minimum absolute atomic E-state index is 0. The average Bonchev–Trinajstić information content (AvgIpc) is 1.62. The van der Waals surface area contributed by atoms with Crippen LogP contribution in [0.3, 0.4) is 0 Å². The minimum Gasteiger partial charge on any atom is -0.550 e. The Bertz CT molecular complexity index is 153. The van der Waals surface area contributed by atoms with Crippen LogP contribution in [0.15, 0.2) is 0 Å². The van der Waals surface area contributed by atoms with E-state index in [2.05, 4.69) is 0 Å². The van der Waals surface area contributed by atoms with Crippen molar-refractivity contribution in [2.24, 2.45) is 0 Å². The van der Waals surface area contributed by atoms with E-state index < -0.39 is 18.9 Å². The summed E-state index contributed by atoms with van der Waals surface area (Å²) in [6.07, 6.45) is -3.37. The molecule has 0 aliphatic heterocycles. The molecule has 4 heteroatoms. The van der Waals surface area contributed by atoms with Gasteiger partial charge in [-0.3, -0.25) is 0 Å². The first-order valence-corrected chi connectivity index (χ1v) is 1.13. The molecule has 0 unspecified atom stereocenters. The largest absolute Gasteiger partial charge is 1.00 e. The van der Waals surface area contributed by atoms with E-state index in [1.165, 1.54) is 0 Å². The molecule has 1 N–H and O–H groups in total. The van der Waals surface area contributed by atoms with Crippen molar-refractivity contribution < 1.29 is 50.0 Å². The fraction of sp³-hybridized carbons (Fsp3) is 0.667. The molecule has 7 heavy (non-hydrogen) atoms. The molecule has 0 fully saturated rings. The van der Waals surface area contributed by atoms with Crippen molar-refractivity contribution in [3.05, 3.63) is 0 Å². The molecule has 0 aliphatic rings. The van der Waals surface area contributed by atoms with E-state index in [1.807, 2.05) is 0 Å². The van der Waals surface area contributed by atoms with Gasteiger partial charge in [0.2, 0.25) is 0 Å². The van der Waals surface area contributed by atoms with Crippen LogP contribution in [0.5, 0.6) is 0 Å². The first-order valence-electron chi connectivity index (χ1n) is 3.13.